The molecule has 0 atom stereocenters. The Labute approximate surface area is 213 Å². The number of halogens is 2. The lowest BCUT2D eigenvalue weighted by Crippen LogP contribution is -2.38. The average Bonchev–Trinajstić information content (AvgIpc) is 3.21. The molecule has 1 heterocycles. The molecule has 0 spiro atoms. The Hall–Kier alpha value is -3.29. The molecule has 1 aromatic heterocycles. The Morgan fingerprint density at radius 1 is 0.824 bits per heavy atom. The summed E-state index contributed by atoms with van der Waals surface area (Å²) in [5.74, 6) is 0. The number of rotatable bonds is 6. The van der Waals surface area contributed by atoms with Crippen molar-refractivity contribution in [2.45, 2.75) is 10.9 Å². The molecule has 7 heteroatoms. The van der Waals surface area contributed by atoms with Gasteiger partial charge in [0.2, 0.25) is 0 Å². The van der Waals surface area contributed by atoms with Crippen LogP contribution in [0.5, 0.6) is 0 Å². The van der Waals surface area contributed by atoms with E-state index in [9.17, 15) is 10.1 Å². The van der Waals surface area contributed by atoms with Crippen molar-refractivity contribution in [3.8, 4) is 0 Å². The van der Waals surface area contributed by atoms with Gasteiger partial charge in [-0.15, -0.1) is 0 Å². The van der Waals surface area contributed by atoms with E-state index < -0.39 is 5.54 Å². The molecule has 0 aliphatic heterocycles. The van der Waals surface area contributed by atoms with E-state index in [2.05, 4.69) is 68.3 Å². The van der Waals surface area contributed by atoms with Gasteiger partial charge < -0.3 is 0 Å². The summed E-state index contributed by atoms with van der Waals surface area (Å²) >= 11 is 7.02. The van der Waals surface area contributed by atoms with Gasteiger partial charge >= 0.3 is 0 Å². The lowest BCUT2D eigenvalue weighted by atomic mass is 9.77. The molecule has 4 aromatic carbocycles. The second-order valence-corrected chi connectivity index (χ2v) is 9.21. The minimum Gasteiger partial charge on any atom is -0.258 e. The molecule has 0 aliphatic rings. The van der Waals surface area contributed by atoms with E-state index in [-0.39, 0.29) is 10.6 Å². The lowest BCUT2D eigenvalue weighted by molar-refractivity contribution is -0.385. The van der Waals surface area contributed by atoms with Crippen molar-refractivity contribution in [1.29, 1.82) is 0 Å². The molecule has 0 fully saturated rings. The largest absolute Gasteiger partial charge is 0.274 e. The van der Waals surface area contributed by atoms with Crippen molar-refractivity contribution < 1.29 is 4.92 Å². The minimum atomic E-state index is -0.812. The Kier molecular flexibility index (Phi) is 6.06. The van der Waals surface area contributed by atoms with Crippen LogP contribution in [-0.2, 0) is 10.9 Å². The van der Waals surface area contributed by atoms with E-state index in [4.69, 9.17) is 5.10 Å². The van der Waals surface area contributed by atoms with Crippen LogP contribution in [0.15, 0.2) is 108 Å². The van der Waals surface area contributed by atoms with Crippen LogP contribution in [0.25, 0.3) is 10.9 Å². The maximum absolute atomic E-state index is 11.7. The second kappa shape index (κ2) is 9.16. The van der Waals surface area contributed by atoms with Crippen LogP contribution in [-0.4, -0.2) is 14.7 Å². The van der Waals surface area contributed by atoms with Crippen LogP contribution in [0.3, 0.4) is 0 Å². The van der Waals surface area contributed by atoms with Crippen LogP contribution in [0.2, 0.25) is 0 Å². The Morgan fingerprint density at radius 2 is 1.29 bits per heavy atom. The third-order valence-electron chi connectivity index (χ3n) is 6.07. The van der Waals surface area contributed by atoms with E-state index >= 15 is 0 Å². The quantitative estimate of drug-likeness (QED) is 0.0913. The number of nitrogens with zero attached hydrogens (tertiary/aromatic N) is 3. The van der Waals surface area contributed by atoms with Crippen molar-refractivity contribution in [2.75, 3.05) is 0 Å². The van der Waals surface area contributed by atoms with E-state index in [1.54, 1.807) is 6.07 Å². The molecule has 0 bridgehead atoms. The molecule has 0 saturated carbocycles. The molecule has 5 nitrogen and oxygen atoms in total. The highest BCUT2D eigenvalue weighted by atomic mass is 79.9. The summed E-state index contributed by atoms with van der Waals surface area (Å²) < 4.78 is 2.54. The van der Waals surface area contributed by atoms with Crippen LogP contribution in [0.1, 0.15) is 22.3 Å². The monoisotopic (exact) mass is 575 g/mol. The van der Waals surface area contributed by atoms with Gasteiger partial charge in [-0.3, -0.25) is 10.1 Å². The van der Waals surface area contributed by atoms with Crippen LogP contribution in [0.4, 0.5) is 5.69 Å². The molecule has 0 N–H and O–H groups in total. The van der Waals surface area contributed by atoms with E-state index in [1.807, 2.05) is 65.3 Å². The SMILES string of the molecule is O=[N+]([O-])c1cc2c(Br)nn(C(c3ccccc3)(c3ccccc3)c3ccccc3)c2cc1CBr. The first-order valence-electron chi connectivity index (χ1n) is 10.7. The molecule has 0 radical (unpaired) electrons. The molecule has 34 heavy (non-hydrogen) atoms. The van der Waals surface area contributed by atoms with Crippen molar-refractivity contribution >= 4 is 48.5 Å². The Balaban J connectivity index is 1.98. The molecule has 168 valence electrons. The number of hydrogen-bond donors (Lipinski definition) is 0. The molecule has 0 amide bonds. The Morgan fingerprint density at radius 3 is 1.71 bits per heavy atom. The van der Waals surface area contributed by atoms with Crippen molar-refractivity contribution in [3.63, 3.8) is 0 Å². The minimum absolute atomic E-state index is 0.0642. The summed E-state index contributed by atoms with van der Waals surface area (Å²) in [6.45, 7) is 0. The van der Waals surface area contributed by atoms with Crippen LogP contribution >= 0.6 is 31.9 Å². The van der Waals surface area contributed by atoms with Gasteiger partial charge in [-0.25, -0.2) is 4.68 Å². The maximum atomic E-state index is 11.7. The molecule has 5 rings (SSSR count). The summed E-state index contributed by atoms with van der Waals surface area (Å²) in [7, 11) is 0. The summed E-state index contributed by atoms with van der Waals surface area (Å²) in [5.41, 5.74) is 3.73. The van der Waals surface area contributed by atoms with E-state index in [0.717, 1.165) is 22.2 Å². The number of benzene rings is 4. The predicted octanol–water partition coefficient (Wildman–Crippen LogP) is 7.44. The second-order valence-electron chi connectivity index (χ2n) is 7.90. The van der Waals surface area contributed by atoms with E-state index in [0.29, 0.717) is 20.9 Å². The highest BCUT2D eigenvalue weighted by molar-refractivity contribution is 9.10. The highest BCUT2D eigenvalue weighted by Gasteiger charge is 2.41. The maximum Gasteiger partial charge on any atom is 0.274 e. The fourth-order valence-corrected chi connectivity index (χ4v) is 5.52. The van der Waals surface area contributed by atoms with Gasteiger partial charge in [-0.05, 0) is 38.7 Å². The van der Waals surface area contributed by atoms with E-state index in [1.165, 1.54) is 0 Å². The first-order valence-corrected chi connectivity index (χ1v) is 12.6. The predicted molar refractivity (Wildman–Crippen MR) is 141 cm³/mol. The van der Waals surface area contributed by atoms with Gasteiger partial charge in [-0.1, -0.05) is 107 Å². The van der Waals surface area contributed by atoms with Gasteiger partial charge in [0.05, 0.1) is 10.4 Å². The molecule has 0 aliphatic carbocycles. The zero-order valence-electron chi connectivity index (χ0n) is 17.9. The molecular weight excluding hydrogens is 558 g/mol. The third-order valence-corrected chi connectivity index (χ3v) is 7.26. The van der Waals surface area contributed by atoms with Gasteiger partial charge in [0, 0.05) is 22.3 Å². The smallest absolute Gasteiger partial charge is 0.258 e. The summed E-state index contributed by atoms with van der Waals surface area (Å²) in [6.07, 6.45) is 0. The van der Waals surface area contributed by atoms with Crippen molar-refractivity contribution in [2.24, 2.45) is 0 Å². The zero-order valence-corrected chi connectivity index (χ0v) is 21.1. The lowest BCUT2D eigenvalue weighted by Gasteiger charge is -2.37. The van der Waals surface area contributed by atoms with Crippen molar-refractivity contribution in [1.82, 2.24) is 9.78 Å². The first-order chi connectivity index (χ1) is 16.6. The zero-order chi connectivity index (χ0) is 23.7. The number of fused-ring (bicyclic) bond motifs is 1. The number of aromatic nitrogens is 2. The molecular formula is C27H19Br2N3O2. The van der Waals surface area contributed by atoms with Gasteiger partial charge in [0.25, 0.3) is 5.69 Å². The fraction of sp³-hybridized carbons (Fsp3) is 0.0741. The van der Waals surface area contributed by atoms with Crippen molar-refractivity contribution in [3.05, 3.63) is 140 Å². The molecule has 0 unspecified atom stereocenters. The number of nitro benzene ring substituents is 1. The number of alkyl halides is 1. The van der Waals surface area contributed by atoms with Crippen LogP contribution in [0, 0.1) is 10.1 Å². The average molecular weight is 577 g/mol. The summed E-state index contributed by atoms with van der Waals surface area (Å²) in [6, 6.07) is 34.1. The molecule has 5 aromatic rings. The van der Waals surface area contributed by atoms with Gasteiger partial charge in [0.1, 0.15) is 10.1 Å². The fourth-order valence-electron chi connectivity index (χ4n) is 4.59. The first kappa shape index (κ1) is 22.5. The summed E-state index contributed by atoms with van der Waals surface area (Å²) in [4.78, 5) is 11.4. The highest BCUT2D eigenvalue weighted by Crippen LogP contribution is 2.44. The topological polar surface area (TPSA) is 61.0 Å². The normalized spacial score (nSPS) is 11.6. The van der Waals surface area contributed by atoms with Gasteiger partial charge in [-0.2, -0.15) is 5.10 Å². The van der Waals surface area contributed by atoms with Crippen LogP contribution < -0.4 is 0 Å². The number of hydrogen-bond acceptors (Lipinski definition) is 3. The summed E-state index contributed by atoms with van der Waals surface area (Å²) in [5, 5.41) is 17.8. The third kappa shape index (κ3) is 3.56. The molecule has 0 saturated heterocycles. The van der Waals surface area contributed by atoms with Gasteiger partial charge in [0.15, 0.2) is 0 Å². The number of nitro groups is 1. The standard InChI is InChI=1S/C27H19Br2N3O2/c28-18-19-16-25-23(17-24(19)32(33)34)26(29)30-31(25)27(20-10-4-1-5-11-20,21-12-6-2-7-13-21)22-14-8-3-9-15-22/h1-17H,18H2. The Bertz CT molecular complexity index is 1370.